The molecule has 0 atom stereocenters. The highest BCUT2D eigenvalue weighted by Crippen LogP contribution is 2.22. The molecule has 0 saturated heterocycles. The van der Waals surface area contributed by atoms with E-state index in [1.165, 1.54) is 11.1 Å². The van der Waals surface area contributed by atoms with Gasteiger partial charge in [-0.05, 0) is 41.8 Å². The van der Waals surface area contributed by atoms with Gasteiger partial charge in [0.05, 0.1) is 10.7 Å². The monoisotopic (exact) mass is 388 g/mol. The van der Waals surface area contributed by atoms with Gasteiger partial charge in [-0.1, -0.05) is 76.1 Å². The van der Waals surface area contributed by atoms with E-state index in [0.29, 0.717) is 10.7 Å². The molecule has 0 aliphatic carbocycles. The Labute approximate surface area is 150 Å². The number of benzene rings is 3. The molecule has 0 amide bonds. The number of hydrogen-bond acceptors (Lipinski definition) is 2. The van der Waals surface area contributed by atoms with Gasteiger partial charge < -0.3 is 11.5 Å². The van der Waals surface area contributed by atoms with Crippen molar-refractivity contribution in [2.24, 2.45) is 0 Å². The molecule has 0 fully saturated rings. The highest BCUT2D eigenvalue weighted by molar-refractivity contribution is 9.10. The lowest BCUT2D eigenvalue weighted by molar-refractivity contribution is 1.20. The van der Waals surface area contributed by atoms with Crippen LogP contribution >= 0.6 is 27.5 Å². The first-order valence-corrected chi connectivity index (χ1v) is 8.31. The van der Waals surface area contributed by atoms with Gasteiger partial charge in [-0.15, -0.1) is 0 Å². The van der Waals surface area contributed by atoms with Crippen molar-refractivity contribution in [3.8, 4) is 0 Å². The predicted molar refractivity (Wildman–Crippen MR) is 104 cm³/mol. The van der Waals surface area contributed by atoms with E-state index in [1.807, 2.05) is 30.3 Å². The molecule has 0 aliphatic rings. The molecule has 2 nitrogen and oxygen atoms in total. The standard InChI is InChI=1S/C13H13N.C6H5BrClN/c14-13-9-5-4-8-12(13)10-11-6-2-1-3-7-11;7-4-1-2-6(9)5(8)3-4/h1-9H,10,14H2;1-3H,9H2. The van der Waals surface area contributed by atoms with Crippen LogP contribution in [0.1, 0.15) is 11.1 Å². The van der Waals surface area contributed by atoms with E-state index >= 15 is 0 Å². The zero-order chi connectivity index (χ0) is 16.7. The van der Waals surface area contributed by atoms with Crippen LogP contribution in [0, 0.1) is 0 Å². The maximum absolute atomic E-state index is 5.87. The molecule has 3 aromatic carbocycles. The van der Waals surface area contributed by atoms with E-state index in [-0.39, 0.29) is 0 Å². The van der Waals surface area contributed by atoms with Crippen molar-refractivity contribution >= 4 is 38.9 Å². The van der Waals surface area contributed by atoms with E-state index < -0.39 is 0 Å². The molecule has 118 valence electrons. The molecule has 0 spiro atoms. The third-order valence-electron chi connectivity index (χ3n) is 3.25. The average Bonchev–Trinajstić information content (AvgIpc) is 2.55. The fraction of sp³-hybridized carbons (Fsp3) is 0.0526. The van der Waals surface area contributed by atoms with Crippen molar-refractivity contribution in [2.45, 2.75) is 6.42 Å². The Morgan fingerprint density at radius 2 is 1.43 bits per heavy atom. The topological polar surface area (TPSA) is 52.0 Å². The number of rotatable bonds is 2. The minimum atomic E-state index is 0.587. The van der Waals surface area contributed by atoms with Crippen LogP contribution in [-0.4, -0.2) is 0 Å². The minimum absolute atomic E-state index is 0.587. The van der Waals surface area contributed by atoms with Crippen molar-refractivity contribution in [1.29, 1.82) is 0 Å². The molecule has 3 rings (SSSR count). The Balaban J connectivity index is 0.000000185. The van der Waals surface area contributed by atoms with Crippen LogP contribution in [0.15, 0.2) is 77.3 Å². The Morgan fingerprint density at radius 3 is 2.04 bits per heavy atom. The Hall–Kier alpha value is -1.97. The van der Waals surface area contributed by atoms with Gasteiger partial charge in [0.15, 0.2) is 0 Å². The van der Waals surface area contributed by atoms with Gasteiger partial charge in [0, 0.05) is 10.2 Å². The van der Waals surface area contributed by atoms with E-state index in [9.17, 15) is 0 Å². The minimum Gasteiger partial charge on any atom is -0.398 e. The van der Waals surface area contributed by atoms with Crippen molar-refractivity contribution in [1.82, 2.24) is 0 Å². The summed E-state index contributed by atoms with van der Waals surface area (Å²) in [7, 11) is 0. The van der Waals surface area contributed by atoms with Gasteiger partial charge in [-0.3, -0.25) is 0 Å². The molecular formula is C19H18BrClN2. The molecule has 23 heavy (non-hydrogen) atoms. The molecule has 4 N–H and O–H groups in total. The average molecular weight is 390 g/mol. The summed E-state index contributed by atoms with van der Waals surface area (Å²) >= 11 is 8.92. The van der Waals surface area contributed by atoms with E-state index in [0.717, 1.165) is 16.6 Å². The van der Waals surface area contributed by atoms with Crippen LogP contribution in [0.25, 0.3) is 0 Å². The molecule has 0 bridgehead atoms. The van der Waals surface area contributed by atoms with Crippen molar-refractivity contribution in [3.05, 3.63) is 93.4 Å². The Kier molecular flexibility index (Phi) is 6.51. The quantitative estimate of drug-likeness (QED) is 0.565. The fourth-order valence-electron chi connectivity index (χ4n) is 2.01. The lowest BCUT2D eigenvalue weighted by atomic mass is 10.0. The first kappa shape index (κ1) is 17.4. The van der Waals surface area contributed by atoms with Gasteiger partial charge >= 0.3 is 0 Å². The molecule has 4 heteroatoms. The lowest BCUT2D eigenvalue weighted by Gasteiger charge is -2.04. The van der Waals surface area contributed by atoms with E-state index in [1.54, 1.807) is 12.1 Å². The fourth-order valence-corrected chi connectivity index (χ4v) is 2.69. The molecule has 0 saturated carbocycles. The third kappa shape index (κ3) is 5.62. The van der Waals surface area contributed by atoms with Gasteiger partial charge in [0.25, 0.3) is 0 Å². The highest BCUT2D eigenvalue weighted by Gasteiger charge is 1.98. The maximum atomic E-state index is 5.87. The number of hydrogen-bond donors (Lipinski definition) is 2. The van der Waals surface area contributed by atoms with Gasteiger partial charge in [-0.25, -0.2) is 0 Å². The van der Waals surface area contributed by atoms with Crippen molar-refractivity contribution < 1.29 is 0 Å². The molecule has 0 radical (unpaired) electrons. The summed E-state index contributed by atoms with van der Waals surface area (Å²) in [6.45, 7) is 0. The van der Waals surface area contributed by atoms with E-state index in [4.69, 9.17) is 23.1 Å². The van der Waals surface area contributed by atoms with Gasteiger partial charge in [0.1, 0.15) is 0 Å². The summed E-state index contributed by atoms with van der Waals surface area (Å²) in [6, 6.07) is 23.7. The molecular weight excluding hydrogens is 372 g/mol. The number of halogens is 2. The maximum Gasteiger partial charge on any atom is 0.0646 e. The lowest BCUT2D eigenvalue weighted by Crippen LogP contribution is -1.94. The second-order valence-corrected chi connectivity index (χ2v) is 6.35. The molecule has 0 unspecified atom stereocenters. The normalized spacial score (nSPS) is 9.83. The van der Waals surface area contributed by atoms with Gasteiger partial charge in [0.2, 0.25) is 0 Å². The molecule has 0 aromatic heterocycles. The molecule has 0 heterocycles. The number of nitrogens with two attached hydrogens (primary N) is 2. The van der Waals surface area contributed by atoms with Crippen LogP contribution in [0.5, 0.6) is 0 Å². The number of nitrogen functional groups attached to an aromatic ring is 2. The summed E-state index contributed by atoms with van der Waals surface area (Å²) < 4.78 is 0.946. The first-order valence-electron chi connectivity index (χ1n) is 7.14. The number of anilines is 2. The van der Waals surface area contributed by atoms with Gasteiger partial charge in [-0.2, -0.15) is 0 Å². The smallest absolute Gasteiger partial charge is 0.0646 e. The molecule has 3 aromatic rings. The molecule has 0 aliphatic heterocycles. The van der Waals surface area contributed by atoms with Crippen LogP contribution < -0.4 is 11.5 Å². The second-order valence-electron chi connectivity index (χ2n) is 5.03. The highest BCUT2D eigenvalue weighted by atomic mass is 79.9. The Bertz CT molecular complexity index is 760. The van der Waals surface area contributed by atoms with Crippen LogP contribution in [0.3, 0.4) is 0 Å². The second kappa shape index (κ2) is 8.61. The summed E-state index contributed by atoms with van der Waals surface area (Å²) in [4.78, 5) is 0. The first-order chi connectivity index (χ1) is 11.1. The summed E-state index contributed by atoms with van der Waals surface area (Å²) in [5.74, 6) is 0. The zero-order valence-electron chi connectivity index (χ0n) is 12.5. The third-order valence-corrected chi connectivity index (χ3v) is 4.08. The van der Waals surface area contributed by atoms with Crippen molar-refractivity contribution in [2.75, 3.05) is 11.5 Å². The Morgan fingerprint density at radius 1 is 0.783 bits per heavy atom. The SMILES string of the molecule is Nc1ccc(Br)cc1Cl.Nc1ccccc1Cc1ccccc1. The van der Waals surface area contributed by atoms with Crippen LogP contribution in [-0.2, 0) is 6.42 Å². The number of para-hydroxylation sites is 1. The van der Waals surface area contributed by atoms with Crippen molar-refractivity contribution in [3.63, 3.8) is 0 Å². The summed E-state index contributed by atoms with van der Waals surface area (Å²) in [5, 5.41) is 0.587. The van der Waals surface area contributed by atoms with Crippen LogP contribution in [0.2, 0.25) is 5.02 Å². The predicted octanol–water partition coefficient (Wildman–Crippen LogP) is 5.54. The summed E-state index contributed by atoms with van der Waals surface area (Å²) in [6.07, 6.45) is 0.910. The van der Waals surface area contributed by atoms with E-state index in [2.05, 4.69) is 46.3 Å². The zero-order valence-corrected chi connectivity index (χ0v) is 14.9. The summed E-state index contributed by atoms with van der Waals surface area (Å²) in [5.41, 5.74) is 15.3. The van der Waals surface area contributed by atoms with Crippen LogP contribution in [0.4, 0.5) is 11.4 Å². The largest absolute Gasteiger partial charge is 0.398 e.